The van der Waals surface area contributed by atoms with Gasteiger partial charge in [-0.15, -0.1) is 0 Å². The van der Waals surface area contributed by atoms with Gasteiger partial charge in [-0.3, -0.25) is 9.48 Å². The zero-order valence-electron chi connectivity index (χ0n) is 17.9. The van der Waals surface area contributed by atoms with E-state index in [1.165, 1.54) is 11.1 Å². The Labute approximate surface area is 182 Å². The number of allylic oxidation sites excluding steroid dienone is 1. The Bertz CT molecular complexity index is 1160. The molecule has 1 aliphatic carbocycles. The van der Waals surface area contributed by atoms with E-state index in [9.17, 15) is 4.79 Å². The van der Waals surface area contributed by atoms with Crippen LogP contribution >= 0.6 is 0 Å². The summed E-state index contributed by atoms with van der Waals surface area (Å²) in [7, 11) is 1.86. The van der Waals surface area contributed by atoms with Crippen LogP contribution in [0, 0.1) is 12.8 Å². The average molecular weight is 411 g/mol. The summed E-state index contributed by atoms with van der Waals surface area (Å²) in [5.74, 6) is 0.118. The lowest BCUT2D eigenvalue weighted by atomic mass is 9.77. The van der Waals surface area contributed by atoms with Crippen molar-refractivity contribution in [1.29, 1.82) is 0 Å². The van der Waals surface area contributed by atoms with E-state index in [0.29, 0.717) is 5.56 Å². The van der Waals surface area contributed by atoms with Crippen molar-refractivity contribution in [2.45, 2.75) is 32.2 Å². The third-order valence-corrected chi connectivity index (χ3v) is 6.46. The van der Waals surface area contributed by atoms with E-state index >= 15 is 0 Å². The van der Waals surface area contributed by atoms with Crippen LogP contribution in [-0.4, -0.2) is 26.4 Å². The van der Waals surface area contributed by atoms with E-state index in [1.807, 2.05) is 38.2 Å². The molecule has 1 fully saturated rings. The van der Waals surface area contributed by atoms with Crippen molar-refractivity contribution in [3.63, 3.8) is 0 Å². The van der Waals surface area contributed by atoms with Gasteiger partial charge in [-0.05, 0) is 49.0 Å². The average Bonchev–Trinajstić information content (AvgIpc) is 3.36. The van der Waals surface area contributed by atoms with E-state index in [0.717, 1.165) is 36.2 Å². The van der Waals surface area contributed by atoms with E-state index in [4.69, 9.17) is 5.10 Å². The highest BCUT2D eigenvalue weighted by Crippen LogP contribution is 2.45. The number of aryl methyl sites for hydroxylation is 1. The summed E-state index contributed by atoms with van der Waals surface area (Å²) in [5, 5.41) is 11.0. The minimum absolute atomic E-state index is 0.0829. The van der Waals surface area contributed by atoms with Crippen LogP contribution in [0.15, 0.2) is 77.5 Å². The first-order chi connectivity index (χ1) is 15.1. The molecule has 1 aliphatic heterocycles. The number of rotatable bonds is 3. The lowest BCUT2D eigenvalue weighted by molar-refractivity contribution is 0.0680. The topological polar surface area (TPSA) is 50.5 Å². The molecule has 0 spiro atoms. The second-order valence-electron chi connectivity index (χ2n) is 8.34. The predicted molar refractivity (Wildman–Crippen MR) is 122 cm³/mol. The van der Waals surface area contributed by atoms with Gasteiger partial charge in [0.2, 0.25) is 0 Å². The monoisotopic (exact) mass is 410 g/mol. The molecule has 2 aromatic carbocycles. The van der Waals surface area contributed by atoms with Gasteiger partial charge in [-0.25, -0.2) is 5.01 Å². The maximum Gasteiger partial charge on any atom is 0.278 e. The van der Waals surface area contributed by atoms with Crippen LogP contribution in [0.1, 0.15) is 52.5 Å². The third kappa shape index (κ3) is 3.50. The quantitative estimate of drug-likeness (QED) is 0.598. The Morgan fingerprint density at radius 3 is 2.45 bits per heavy atom. The van der Waals surface area contributed by atoms with Crippen LogP contribution in [0.2, 0.25) is 0 Å². The zero-order chi connectivity index (χ0) is 21.4. The first-order valence-electron chi connectivity index (χ1n) is 10.8. The van der Waals surface area contributed by atoms with Crippen molar-refractivity contribution >= 4 is 17.7 Å². The van der Waals surface area contributed by atoms with Crippen LogP contribution < -0.4 is 0 Å². The number of hydrogen-bond acceptors (Lipinski definition) is 3. The van der Waals surface area contributed by atoms with Crippen molar-refractivity contribution < 1.29 is 4.79 Å². The molecule has 2 heterocycles. The maximum absolute atomic E-state index is 13.6. The highest BCUT2D eigenvalue weighted by Gasteiger charge is 2.44. The molecule has 31 heavy (non-hydrogen) atoms. The summed E-state index contributed by atoms with van der Waals surface area (Å²) < 4.78 is 1.74. The van der Waals surface area contributed by atoms with Gasteiger partial charge in [0.1, 0.15) is 0 Å². The van der Waals surface area contributed by atoms with Gasteiger partial charge in [0.25, 0.3) is 5.91 Å². The second-order valence-corrected chi connectivity index (χ2v) is 8.34. The van der Waals surface area contributed by atoms with Crippen molar-refractivity contribution in [1.82, 2.24) is 14.8 Å². The summed E-state index contributed by atoms with van der Waals surface area (Å²) in [4.78, 5) is 13.6. The molecule has 3 aromatic rings. The second kappa shape index (κ2) is 7.99. The van der Waals surface area contributed by atoms with Crippen LogP contribution in [0.5, 0.6) is 0 Å². The number of hydrogen-bond donors (Lipinski definition) is 0. The molecule has 0 unspecified atom stereocenters. The van der Waals surface area contributed by atoms with E-state index in [-0.39, 0.29) is 17.9 Å². The molecule has 2 aliphatic rings. The molecule has 0 bridgehead atoms. The van der Waals surface area contributed by atoms with E-state index in [1.54, 1.807) is 15.9 Å². The predicted octanol–water partition coefficient (Wildman–Crippen LogP) is 5.17. The fourth-order valence-electron chi connectivity index (χ4n) is 4.73. The largest absolute Gasteiger partial charge is 0.278 e. The number of nitrogens with zero attached hydrogens (tertiary/aromatic N) is 4. The molecule has 0 saturated heterocycles. The number of benzene rings is 2. The third-order valence-electron chi connectivity index (χ3n) is 6.46. The first kappa shape index (κ1) is 19.5. The highest BCUT2D eigenvalue weighted by molar-refractivity contribution is 6.09. The van der Waals surface area contributed by atoms with Gasteiger partial charge in [0.15, 0.2) is 0 Å². The van der Waals surface area contributed by atoms with Gasteiger partial charge >= 0.3 is 0 Å². The summed E-state index contributed by atoms with van der Waals surface area (Å²) in [5.41, 5.74) is 6.06. The van der Waals surface area contributed by atoms with Gasteiger partial charge in [0, 0.05) is 18.7 Å². The molecule has 156 valence electrons. The van der Waals surface area contributed by atoms with Gasteiger partial charge in [0.05, 0.1) is 23.5 Å². The van der Waals surface area contributed by atoms with Crippen molar-refractivity contribution in [3.8, 4) is 0 Å². The Kier molecular flexibility index (Phi) is 5.02. The summed E-state index contributed by atoms with van der Waals surface area (Å²) >= 11 is 0. The van der Waals surface area contributed by atoms with Crippen LogP contribution in [0.3, 0.4) is 0 Å². The molecule has 5 heteroatoms. The number of hydrazone groups is 1. The summed E-state index contributed by atoms with van der Waals surface area (Å²) in [6.07, 6.45) is 7.00. The minimum Gasteiger partial charge on any atom is -0.272 e. The standard InChI is InChI=1S/C26H26N4O/c1-18-23(17-27-29(18)2)26(31)30-25(20-12-7-4-8-13-20)22-15-9-14-21(24(22)28-30)16-19-10-5-3-6-11-19/h3-8,10-13,16-17,22,25H,9,14-15H2,1-2H3/b21-16+/t22-,25-/m1/s1. The van der Waals surface area contributed by atoms with E-state index < -0.39 is 0 Å². The highest BCUT2D eigenvalue weighted by atomic mass is 16.2. The van der Waals surface area contributed by atoms with Crippen LogP contribution in [0.4, 0.5) is 0 Å². The molecule has 5 nitrogen and oxygen atoms in total. The fourth-order valence-corrected chi connectivity index (χ4v) is 4.73. The number of amides is 1. The smallest absolute Gasteiger partial charge is 0.272 e. The lowest BCUT2D eigenvalue weighted by Crippen LogP contribution is -2.32. The van der Waals surface area contributed by atoms with Crippen molar-refractivity contribution in [2.24, 2.45) is 18.1 Å². The Hall–Kier alpha value is -3.47. The fraction of sp³-hybridized carbons (Fsp3) is 0.269. The van der Waals surface area contributed by atoms with Crippen LogP contribution in [0.25, 0.3) is 6.08 Å². The Morgan fingerprint density at radius 1 is 1.06 bits per heavy atom. The molecule has 1 saturated carbocycles. The van der Waals surface area contributed by atoms with Crippen molar-refractivity contribution in [2.75, 3.05) is 0 Å². The molecule has 1 amide bonds. The van der Waals surface area contributed by atoms with Gasteiger partial charge in [-0.2, -0.15) is 10.2 Å². The Balaban J connectivity index is 1.59. The molecular weight excluding hydrogens is 384 g/mol. The molecule has 0 N–H and O–H groups in total. The number of fused-ring (bicyclic) bond motifs is 1. The normalized spacial score (nSPS) is 21.8. The van der Waals surface area contributed by atoms with E-state index in [2.05, 4.69) is 47.6 Å². The Morgan fingerprint density at radius 2 is 1.77 bits per heavy atom. The summed E-state index contributed by atoms with van der Waals surface area (Å²) in [6, 6.07) is 20.6. The summed E-state index contributed by atoms with van der Waals surface area (Å²) in [6.45, 7) is 1.93. The molecule has 5 rings (SSSR count). The minimum atomic E-state index is -0.0946. The zero-order valence-corrected chi connectivity index (χ0v) is 17.9. The number of aromatic nitrogens is 2. The number of carbonyl (C=O) groups excluding carboxylic acids is 1. The maximum atomic E-state index is 13.6. The molecule has 0 radical (unpaired) electrons. The molecule has 1 aromatic heterocycles. The van der Waals surface area contributed by atoms with Crippen LogP contribution in [-0.2, 0) is 7.05 Å². The van der Waals surface area contributed by atoms with Gasteiger partial charge < -0.3 is 0 Å². The molecular formula is C26H26N4O. The molecule has 2 atom stereocenters. The van der Waals surface area contributed by atoms with Crippen molar-refractivity contribution in [3.05, 3.63) is 94.8 Å². The van der Waals surface area contributed by atoms with Gasteiger partial charge in [-0.1, -0.05) is 60.7 Å². The number of carbonyl (C=O) groups is 1. The first-order valence-corrected chi connectivity index (χ1v) is 10.8. The SMILES string of the molecule is Cc1c(C(=O)N2N=C3/C(=C/c4ccccc4)CCC[C@H]3[C@H]2c2ccccc2)cnn1C. The lowest BCUT2D eigenvalue weighted by Gasteiger charge is -2.29.